The summed E-state index contributed by atoms with van der Waals surface area (Å²) in [4.78, 5) is 24.3. The van der Waals surface area contributed by atoms with Gasteiger partial charge in [-0.3, -0.25) is 14.3 Å². The first-order valence-corrected chi connectivity index (χ1v) is 4.86. The maximum absolute atomic E-state index is 11.4. The minimum Gasteiger partial charge on any atom is -0.394 e. The van der Waals surface area contributed by atoms with Crippen molar-refractivity contribution >= 4 is 0 Å². The van der Waals surface area contributed by atoms with Crippen molar-refractivity contribution in [1.82, 2.24) is 9.55 Å². The zero-order chi connectivity index (χ0) is 12.6. The van der Waals surface area contributed by atoms with Crippen LogP contribution in [-0.4, -0.2) is 43.7 Å². The SMILES string of the molecule is O=c1ccn([C@@H]2O[C@H](CO)[C](O)[C@H]2O)c(=O)[nH]1. The summed E-state index contributed by atoms with van der Waals surface area (Å²) in [6, 6.07) is 1.08. The monoisotopic (exact) mass is 243 g/mol. The van der Waals surface area contributed by atoms with Crippen LogP contribution in [0.5, 0.6) is 0 Å². The zero-order valence-corrected chi connectivity index (χ0v) is 8.61. The number of hydrogen-bond donors (Lipinski definition) is 4. The molecule has 1 aromatic heterocycles. The smallest absolute Gasteiger partial charge is 0.330 e. The van der Waals surface area contributed by atoms with Gasteiger partial charge in [0.1, 0.15) is 12.2 Å². The molecule has 1 saturated heterocycles. The number of aromatic amines is 1. The van der Waals surface area contributed by atoms with Crippen molar-refractivity contribution in [2.75, 3.05) is 6.61 Å². The van der Waals surface area contributed by atoms with Crippen molar-refractivity contribution < 1.29 is 20.1 Å². The molecule has 17 heavy (non-hydrogen) atoms. The second-order valence-corrected chi connectivity index (χ2v) is 3.58. The average Bonchev–Trinajstić information content (AvgIpc) is 2.57. The van der Waals surface area contributed by atoms with E-state index in [4.69, 9.17) is 9.84 Å². The highest BCUT2D eigenvalue weighted by atomic mass is 16.6. The Balaban J connectivity index is 2.35. The molecule has 0 spiro atoms. The highest BCUT2D eigenvalue weighted by Gasteiger charge is 2.44. The van der Waals surface area contributed by atoms with Gasteiger partial charge >= 0.3 is 5.69 Å². The molecule has 1 aliphatic rings. The predicted octanol–water partition coefficient (Wildman–Crippen LogP) is -2.31. The Kier molecular flexibility index (Phi) is 3.11. The summed E-state index contributed by atoms with van der Waals surface area (Å²) in [5.74, 6) is 0. The van der Waals surface area contributed by atoms with Crippen LogP contribution in [0.3, 0.4) is 0 Å². The quantitative estimate of drug-likeness (QED) is 0.462. The van der Waals surface area contributed by atoms with Gasteiger partial charge in [-0.05, 0) is 0 Å². The first-order chi connectivity index (χ1) is 8.04. The first kappa shape index (κ1) is 12.0. The number of H-pyrrole nitrogens is 1. The van der Waals surface area contributed by atoms with Crippen LogP contribution in [0.1, 0.15) is 6.23 Å². The summed E-state index contributed by atoms with van der Waals surface area (Å²) < 4.78 is 6.02. The molecule has 1 aromatic rings. The van der Waals surface area contributed by atoms with Gasteiger partial charge in [0.05, 0.1) is 6.61 Å². The lowest BCUT2D eigenvalue weighted by molar-refractivity contribution is -0.0533. The number of aromatic nitrogens is 2. The molecular formula is C9H11N2O6. The van der Waals surface area contributed by atoms with Crippen molar-refractivity contribution in [1.29, 1.82) is 0 Å². The van der Waals surface area contributed by atoms with Crippen molar-refractivity contribution in [2.45, 2.75) is 18.4 Å². The van der Waals surface area contributed by atoms with Gasteiger partial charge in [-0.25, -0.2) is 4.79 Å². The van der Waals surface area contributed by atoms with Gasteiger partial charge in [-0.15, -0.1) is 0 Å². The molecule has 0 amide bonds. The van der Waals surface area contributed by atoms with Crippen molar-refractivity contribution in [2.24, 2.45) is 0 Å². The molecule has 4 N–H and O–H groups in total. The molecule has 2 heterocycles. The lowest BCUT2D eigenvalue weighted by Gasteiger charge is -2.16. The lowest BCUT2D eigenvalue weighted by Crippen LogP contribution is -2.35. The molecule has 0 saturated carbocycles. The van der Waals surface area contributed by atoms with Crippen LogP contribution in [0.15, 0.2) is 21.9 Å². The fourth-order valence-electron chi connectivity index (χ4n) is 1.63. The number of hydrogen-bond acceptors (Lipinski definition) is 6. The first-order valence-electron chi connectivity index (χ1n) is 4.86. The molecule has 93 valence electrons. The van der Waals surface area contributed by atoms with Crippen molar-refractivity contribution in [3.05, 3.63) is 39.2 Å². The van der Waals surface area contributed by atoms with E-state index in [0.717, 1.165) is 16.8 Å². The molecule has 1 aliphatic heterocycles. The Bertz CT molecular complexity index is 509. The zero-order valence-electron chi connectivity index (χ0n) is 8.61. The van der Waals surface area contributed by atoms with Crippen LogP contribution < -0.4 is 11.2 Å². The number of nitrogens with zero attached hydrogens (tertiary/aromatic N) is 1. The van der Waals surface area contributed by atoms with Crippen LogP contribution in [0, 0.1) is 6.10 Å². The third-order valence-corrected chi connectivity index (χ3v) is 2.50. The number of nitrogens with one attached hydrogen (secondary N) is 1. The lowest BCUT2D eigenvalue weighted by atomic mass is 10.1. The standard InChI is InChI=1S/C9H11N2O6/c12-3-4-6(14)7(15)8(17-4)11-2-1-5(13)10-9(11)16/h1-2,4,7-8,12,14-15H,3H2,(H,10,13,16)/t4-,7-,8-/m1/s1. The van der Waals surface area contributed by atoms with E-state index in [1.54, 1.807) is 0 Å². The van der Waals surface area contributed by atoms with Gasteiger partial charge in [0.25, 0.3) is 5.56 Å². The van der Waals surface area contributed by atoms with Gasteiger partial charge in [-0.1, -0.05) is 0 Å². The van der Waals surface area contributed by atoms with Gasteiger partial charge in [0.15, 0.2) is 12.3 Å². The number of ether oxygens (including phenoxy) is 1. The highest BCUT2D eigenvalue weighted by molar-refractivity contribution is 5.03. The average molecular weight is 243 g/mol. The second kappa shape index (κ2) is 4.41. The van der Waals surface area contributed by atoms with E-state index in [2.05, 4.69) is 0 Å². The van der Waals surface area contributed by atoms with E-state index in [0.29, 0.717) is 0 Å². The maximum atomic E-state index is 11.4. The van der Waals surface area contributed by atoms with Gasteiger partial charge in [-0.2, -0.15) is 0 Å². The van der Waals surface area contributed by atoms with Crippen LogP contribution in [0.4, 0.5) is 0 Å². The number of aliphatic hydroxyl groups excluding tert-OH is 3. The summed E-state index contributed by atoms with van der Waals surface area (Å²) in [5.41, 5.74) is -1.35. The Morgan fingerprint density at radius 1 is 1.47 bits per heavy atom. The summed E-state index contributed by atoms with van der Waals surface area (Å²) in [6.07, 6.45) is -2.96. The minimum atomic E-state index is -1.43. The van der Waals surface area contributed by atoms with E-state index in [1.807, 2.05) is 4.98 Å². The molecule has 0 aromatic carbocycles. The topological polar surface area (TPSA) is 125 Å². The molecular weight excluding hydrogens is 232 g/mol. The summed E-state index contributed by atoms with van der Waals surface area (Å²) in [7, 11) is 0. The second-order valence-electron chi connectivity index (χ2n) is 3.58. The molecule has 0 unspecified atom stereocenters. The van der Waals surface area contributed by atoms with Crippen LogP contribution >= 0.6 is 0 Å². The van der Waals surface area contributed by atoms with Crippen LogP contribution in [-0.2, 0) is 4.74 Å². The molecule has 1 radical (unpaired) electrons. The van der Waals surface area contributed by atoms with Crippen LogP contribution in [0.2, 0.25) is 0 Å². The van der Waals surface area contributed by atoms with E-state index >= 15 is 0 Å². The van der Waals surface area contributed by atoms with E-state index in [1.165, 1.54) is 0 Å². The maximum Gasteiger partial charge on any atom is 0.330 e. The fraction of sp³-hybridized carbons (Fsp3) is 0.444. The third kappa shape index (κ3) is 2.03. The molecule has 2 rings (SSSR count). The van der Waals surface area contributed by atoms with Gasteiger partial charge in [0.2, 0.25) is 0 Å². The normalized spacial score (nSPS) is 29.7. The van der Waals surface area contributed by atoms with Crippen LogP contribution in [0.25, 0.3) is 0 Å². The number of aliphatic hydroxyl groups is 3. The minimum absolute atomic E-state index is 0.449. The van der Waals surface area contributed by atoms with Crippen molar-refractivity contribution in [3.8, 4) is 0 Å². The molecule has 8 heteroatoms. The molecule has 3 atom stereocenters. The highest BCUT2D eigenvalue weighted by Crippen LogP contribution is 2.32. The Morgan fingerprint density at radius 3 is 2.71 bits per heavy atom. The summed E-state index contributed by atoms with van der Waals surface area (Å²) in [5, 5.41) is 27.9. The van der Waals surface area contributed by atoms with Crippen molar-refractivity contribution in [3.63, 3.8) is 0 Å². The third-order valence-electron chi connectivity index (χ3n) is 2.50. The Morgan fingerprint density at radius 2 is 2.18 bits per heavy atom. The van der Waals surface area contributed by atoms with E-state index in [-0.39, 0.29) is 0 Å². The Hall–Kier alpha value is -1.48. The van der Waals surface area contributed by atoms with E-state index < -0.39 is 42.4 Å². The fourth-order valence-corrected chi connectivity index (χ4v) is 1.63. The molecule has 0 aliphatic carbocycles. The summed E-state index contributed by atoms with van der Waals surface area (Å²) in [6.45, 7) is -0.516. The Labute approximate surface area is 94.7 Å². The summed E-state index contributed by atoms with van der Waals surface area (Å²) >= 11 is 0. The molecule has 1 fully saturated rings. The van der Waals surface area contributed by atoms with Gasteiger partial charge in [0, 0.05) is 12.3 Å². The van der Waals surface area contributed by atoms with E-state index in [9.17, 15) is 19.8 Å². The largest absolute Gasteiger partial charge is 0.394 e. The number of rotatable bonds is 2. The predicted molar refractivity (Wildman–Crippen MR) is 53.5 cm³/mol. The van der Waals surface area contributed by atoms with Gasteiger partial charge < -0.3 is 20.1 Å². The molecule has 0 bridgehead atoms. The molecule has 8 nitrogen and oxygen atoms in total.